The molecule has 3 rings (SSSR count). The van der Waals surface area contributed by atoms with E-state index in [4.69, 9.17) is 0 Å². The average molecular weight is 439 g/mol. The molecule has 0 aliphatic rings. The van der Waals surface area contributed by atoms with Gasteiger partial charge in [-0.15, -0.1) is 0 Å². The Morgan fingerprint density at radius 3 is 2.12 bits per heavy atom. The largest absolute Gasteiger partial charge is 0.350 e. The van der Waals surface area contributed by atoms with Gasteiger partial charge in [0.1, 0.15) is 6.07 Å². The van der Waals surface area contributed by atoms with E-state index >= 15 is 0 Å². The van der Waals surface area contributed by atoms with Crippen molar-refractivity contribution < 1.29 is 4.79 Å². The first kappa shape index (κ1) is 24.0. The summed E-state index contributed by atoms with van der Waals surface area (Å²) in [4.78, 5) is 17.7. The van der Waals surface area contributed by atoms with Gasteiger partial charge in [0.25, 0.3) is 0 Å². The number of nitriles is 2. The molecular weight excluding hydrogens is 408 g/mol. The van der Waals surface area contributed by atoms with Crippen LogP contribution >= 0.6 is 0 Å². The highest BCUT2D eigenvalue weighted by atomic mass is 16.1. The average Bonchev–Trinajstić information content (AvgIpc) is 3.09. The predicted octanol–water partition coefficient (Wildman–Crippen LogP) is 5.99. The van der Waals surface area contributed by atoms with Crippen molar-refractivity contribution in [1.29, 1.82) is 10.5 Å². The zero-order valence-corrected chi connectivity index (χ0v) is 20.4. The maximum absolute atomic E-state index is 13.3. The summed E-state index contributed by atoms with van der Waals surface area (Å²) in [5, 5.41) is 19.8. The van der Waals surface area contributed by atoms with E-state index in [0.717, 1.165) is 11.1 Å². The molecule has 0 saturated heterocycles. The number of hydrogen-bond donors (Lipinski definition) is 0. The van der Waals surface area contributed by atoms with Gasteiger partial charge in [-0.1, -0.05) is 65.8 Å². The van der Waals surface area contributed by atoms with Crippen LogP contribution in [-0.4, -0.2) is 16.1 Å². The van der Waals surface area contributed by atoms with Crippen LogP contribution in [0.5, 0.6) is 0 Å². The van der Waals surface area contributed by atoms with Crippen LogP contribution in [-0.2, 0) is 24.4 Å². The lowest BCUT2D eigenvalue weighted by Gasteiger charge is -2.26. The maximum Gasteiger partial charge on any atom is 0.223 e. The Kier molecular flexibility index (Phi) is 6.30. The minimum atomic E-state index is -0.464. The molecule has 0 bridgehead atoms. The molecule has 0 atom stereocenters. The summed E-state index contributed by atoms with van der Waals surface area (Å²) in [6, 6.07) is 15.9. The highest BCUT2D eigenvalue weighted by Crippen LogP contribution is 2.31. The number of rotatable bonds is 4. The van der Waals surface area contributed by atoms with Crippen molar-refractivity contribution in [3.8, 4) is 12.1 Å². The highest BCUT2D eigenvalue weighted by molar-refractivity contribution is 6.53. The Morgan fingerprint density at radius 1 is 1.00 bits per heavy atom. The number of nitrogens with zero attached hydrogens (tertiary/aromatic N) is 4. The normalized spacial score (nSPS) is 12.5. The third-order valence-corrected chi connectivity index (χ3v) is 5.85. The number of fused-ring (bicyclic) bond motifs is 1. The third kappa shape index (κ3) is 4.89. The van der Waals surface area contributed by atoms with Crippen LogP contribution < -0.4 is 0 Å². The molecule has 168 valence electrons. The first-order valence-electron chi connectivity index (χ1n) is 11.0. The van der Waals surface area contributed by atoms with Gasteiger partial charge >= 0.3 is 0 Å². The second-order valence-electron chi connectivity index (χ2n) is 10.5. The lowest BCUT2D eigenvalue weighted by Crippen LogP contribution is -2.17. The van der Waals surface area contributed by atoms with Crippen LogP contribution in [0, 0.1) is 22.7 Å². The van der Waals surface area contributed by atoms with Crippen molar-refractivity contribution in [1.82, 2.24) is 4.57 Å². The van der Waals surface area contributed by atoms with E-state index in [2.05, 4.69) is 70.8 Å². The quantitative estimate of drug-likeness (QED) is 0.370. The molecule has 1 aromatic heterocycles. The van der Waals surface area contributed by atoms with Crippen LogP contribution in [0.2, 0.25) is 0 Å². The van der Waals surface area contributed by atoms with Crippen molar-refractivity contribution in [2.75, 3.05) is 0 Å². The van der Waals surface area contributed by atoms with Crippen LogP contribution in [0.4, 0.5) is 0 Å². The molecule has 0 unspecified atom stereocenters. The van der Waals surface area contributed by atoms with E-state index < -0.39 is 5.78 Å². The molecule has 0 amide bonds. The molecule has 0 spiro atoms. The topological polar surface area (TPSA) is 81.9 Å². The number of aryl methyl sites for hydroxylation is 1. The predicted molar refractivity (Wildman–Crippen MR) is 133 cm³/mol. The lowest BCUT2D eigenvalue weighted by atomic mass is 9.79. The summed E-state index contributed by atoms with van der Waals surface area (Å²) in [6.45, 7) is 13.2. The molecule has 1 heterocycles. The second kappa shape index (κ2) is 8.68. The number of ketones is 1. The summed E-state index contributed by atoms with van der Waals surface area (Å²) in [5.41, 5.74) is 4.61. The Morgan fingerprint density at radius 2 is 1.61 bits per heavy atom. The smallest absolute Gasteiger partial charge is 0.223 e. The molecule has 3 aromatic rings. The molecule has 2 aromatic carbocycles. The number of hydrogen-bond acceptors (Lipinski definition) is 4. The van der Waals surface area contributed by atoms with E-state index in [9.17, 15) is 15.3 Å². The number of aliphatic imine (C=N–C) groups is 1. The maximum atomic E-state index is 13.3. The zero-order valence-electron chi connectivity index (χ0n) is 20.4. The fourth-order valence-electron chi connectivity index (χ4n) is 3.82. The molecule has 0 fully saturated rings. The van der Waals surface area contributed by atoms with Crippen LogP contribution in [0.1, 0.15) is 74.2 Å². The second-order valence-corrected chi connectivity index (χ2v) is 10.5. The van der Waals surface area contributed by atoms with E-state index in [1.807, 2.05) is 19.2 Å². The van der Waals surface area contributed by atoms with Crippen molar-refractivity contribution in [3.05, 3.63) is 70.4 Å². The van der Waals surface area contributed by atoms with Gasteiger partial charge in [0, 0.05) is 24.1 Å². The Labute approximate surface area is 196 Å². The van der Waals surface area contributed by atoms with Gasteiger partial charge < -0.3 is 4.57 Å². The number of carbonyl (C=O) groups is 1. The molecule has 0 N–H and O–H groups in total. The van der Waals surface area contributed by atoms with Gasteiger partial charge in [0.15, 0.2) is 5.71 Å². The first-order valence-corrected chi connectivity index (χ1v) is 11.0. The van der Waals surface area contributed by atoms with E-state index in [0.29, 0.717) is 16.5 Å². The Bertz CT molecular complexity index is 1310. The lowest BCUT2D eigenvalue weighted by molar-refractivity contribution is 0.106. The van der Waals surface area contributed by atoms with Gasteiger partial charge in [0.2, 0.25) is 5.78 Å². The molecule has 0 saturated carbocycles. The Hall–Kier alpha value is -3.70. The first-order chi connectivity index (χ1) is 15.4. The molecule has 5 nitrogen and oxygen atoms in total. The van der Waals surface area contributed by atoms with Crippen LogP contribution in [0.25, 0.3) is 10.9 Å². The fourth-order valence-corrected chi connectivity index (χ4v) is 3.82. The molecule has 0 aliphatic heterocycles. The summed E-state index contributed by atoms with van der Waals surface area (Å²) >= 11 is 0. The minimum Gasteiger partial charge on any atom is -0.350 e. The van der Waals surface area contributed by atoms with Crippen molar-refractivity contribution in [3.63, 3.8) is 0 Å². The zero-order chi connectivity index (χ0) is 24.6. The summed E-state index contributed by atoms with van der Waals surface area (Å²) < 4.78 is 1.79. The summed E-state index contributed by atoms with van der Waals surface area (Å²) in [5.74, 6) is -0.464. The van der Waals surface area contributed by atoms with Gasteiger partial charge in [-0.25, -0.2) is 0 Å². The van der Waals surface area contributed by atoms with E-state index in [1.54, 1.807) is 22.9 Å². The SMILES string of the molecule is Cn1cc(C(=O)C(C#N)=NCc2cc(C(C)(C)C)cc(C(C)(C)C)c2)c2c(C#N)cccc21. The van der Waals surface area contributed by atoms with E-state index in [-0.39, 0.29) is 23.1 Å². The van der Waals surface area contributed by atoms with Crippen LogP contribution in [0.3, 0.4) is 0 Å². The monoisotopic (exact) mass is 438 g/mol. The molecule has 0 aliphatic carbocycles. The Balaban J connectivity index is 2.05. The van der Waals surface area contributed by atoms with Gasteiger partial charge in [-0.05, 0) is 39.7 Å². The fraction of sp³-hybridized carbons (Fsp3) is 0.357. The van der Waals surface area contributed by atoms with E-state index in [1.165, 1.54) is 11.1 Å². The van der Waals surface area contributed by atoms with Crippen molar-refractivity contribution in [2.45, 2.75) is 58.9 Å². The van der Waals surface area contributed by atoms with Gasteiger partial charge in [0.05, 0.1) is 23.7 Å². The highest BCUT2D eigenvalue weighted by Gasteiger charge is 2.23. The minimum absolute atomic E-state index is 0.0374. The molecule has 5 heteroatoms. The number of aromatic nitrogens is 1. The number of benzene rings is 2. The van der Waals surface area contributed by atoms with Gasteiger partial charge in [-0.2, -0.15) is 10.5 Å². The summed E-state index contributed by atoms with van der Waals surface area (Å²) in [6.07, 6.45) is 1.67. The third-order valence-electron chi connectivity index (χ3n) is 5.85. The van der Waals surface area contributed by atoms with Crippen LogP contribution in [0.15, 0.2) is 47.6 Å². The summed E-state index contributed by atoms with van der Waals surface area (Å²) in [7, 11) is 1.81. The van der Waals surface area contributed by atoms with Gasteiger partial charge in [-0.3, -0.25) is 9.79 Å². The number of carbonyl (C=O) groups excluding carboxylic acids is 1. The number of Topliss-reactive ketones (excluding diaryl/α,β-unsaturated/α-hetero) is 1. The van der Waals surface area contributed by atoms with Crippen molar-refractivity contribution >= 4 is 22.4 Å². The molecule has 0 radical (unpaired) electrons. The van der Waals surface area contributed by atoms with Crippen molar-refractivity contribution in [2.24, 2.45) is 12.0 Å². The molecular formula is C28H30N4O. The standard InChI is InChI=1S/C28H30N4O/c1-27(2,3)20-11-18(12-21(13-20)28(4,5)6)16-31-23(15-30)26(33)22-17-32(7)24-10-8-9-19(14-29)25(22)24/h8-13,17H,16H2,1-7H3. The molecule has 33 heavy (non-hydrogen) atoms.